The number of hydrogen-bond donors (Lipinski definition) is 1. The second-order valence-corrected chi connectivity index (χ2v) is 10.9. The zero-order chi connectivity index (χ0) is 18.9. The zero-order valence-corrected chi connectivity index (χ0v) is 19.2. The summed E-state index contributed by atoms with van der Waals surface area (Å²) in [7, 11) is 3.98. The summed E-state index contributed by atoms with van der Waals surface area (Å²) in [5.41, 5.74) is 0. The zero-order valence-electron chi connectivity index (χ0n) is 16.9. The average Bonchev–Trinajstić information content (AvgIpc) is 2.62. The van der Waals surface area contributed by atoms with Gasteiger partial charge in [0.15, 0.2) is 0 Å². The van der Waals surface area contributed by atoms with Crippen molar-refractivity contribution in [3.8, 4) is 0 Å². The van der Waals surface area contributed by atoms with Crippen molar-refractivity contribution in [2.24, 2.45) is 0 Å². The lowest BCUT2D eigenvalue weighted by molar-refractivity contribution is 0.0485. The van der Waals surface area contributed by atoms with E-state index in [2.05, 4.69) is 19.2 Å². The van der Waals surface area contributed by atoms with E-state index in [9.17, 15) is 0 Å². The third kappa shape index (κ3) is 15.0. The molecule has 0 aliphatic heterocycles. The van der Waals surface area contributed by atoms with Gasteiger partial charge in [-0.05, 0) is 38.8 Å². The highest BCUT2D eigenvalue weighted by molar-refractivity contribution is 6.44. The Morgan fingerprint density at radius 2 is 1.04 bits per heavy atom. The molecule has 0 aromatic rings. The second kappa shape index (κ2) is 17.6. The minimum Gasteiger partial charge on any atom is -0.400 e. The molecule has 0 saturated heterocycles. The van der Waals surface area contributed by atoms with E-state index in [4.69, 9.17) is 27.2 Å². The van der Waals surface area contributed by atoms with Crippen LogP contribution >= 0.6 is 0 Å². The maximum atomic E-state index is 5.80. The van der Waals surface area contributed by atoms with Gasteiger partial charge in [0.25, 0.3) is 0 Å². The van der Waals surface area contributed by atoms with Crippen LogP contribution in [0.15, 0.2) is 0 Å². The third-order valence-electron chi connectivity index (χ3n) is 3.89. The van der Waals surface area contributed by atoms with Gasteiger partial charge in [0.1, 0.15) is 0 Å². The quantitative estimate of drug-likeness (QED) is 0.275. The molecule has 0 saturated carbocycles. The van der Waals surface area contributed by atoms with Crippen LogP contribution in [0.1, 0.15) is 26.7 Å². The molecule has 0 amide bonds. The van der Waals surface area contributed by atoms with Crippen LogP contribution in [-0.2, 0) is 27.2 Å². The second-order valence-electron chi connectivity index (χ2n) is 6.11. The van der Waals surface area contributed by atoms with Gasteiger partial charge >= 0.3 is 18.6 Å². The first-order chi connectivity index (χ1) is 12.1. The van der Waals surface area contributed by atoms with Crippen molar-refractivity contribution in [3.05, 3.63) is 0 Å². The molecule has 0 rings (SSSR count). The Labute approximate surface area is 157 Å². The SMILES string of the molecule is CO[SiH](CCCOC(C)CNCC(C)OCCC[SiH](OC)OC)OC. The fourth-order valence-corrected chi connectivity index (χ4v) is 4.67. The van der Waals surface area contributed by atoms with Gasteiger partial charge in [0.05, 0.1) is 12.2 Å². The van der Waals surface area contributed by atoms with Crippen molar-refractivity contribution < 1.29 is 27.2 Å². The molecule has 25 heavy (non-hydrogen) atoms. The fraction of sp³-hybridized carbons (Fsp3) is 1.00. The van der Waals surface area contributed by atoms with E-state index in [0.29, 0.717) is 0 Å². The lowest BCUT2D eigenvalue weighted by atomic mass is 10.3. The Hall–Kier alpha value is 0.154. The first-order valence-electron chi connectivity index (χ1n) is 9.12. The third-order valence-corrected chi connectivity index (χ3v) is 7.75. The molecule has 0 radical (unpaired) electrons. The van der Waals surface area contributed by atoms with Crippen LogP contribution in [0.5, 0.6) is 0 Å². The monoisotopic (exact) mass is 397 g/mol. The van der Waals surface area contributed by atoms with Crippen LogP contribution in [0.25, 0.3) is 0 Å². The summed E-state index contributed by atoms with van der Waals surface area (Å²) in [6.07, 6.45) is 2.34. The van der Waals surface area contributed by atoms with Crippen LogP contribution in [0.3, 0.4) is 0 Å². The van der Waals surface area contributed by atoms with Gasteiger partial charge in [-0.25, -0.2) is 0 Å². The lowest BCUT2D eigenvalue weighted by Gasteiger charge is -2.18. The summed E-state index contributed by atoms with van der Waals surface area (Å²) in [5, 5.41) is 3.40. The smallest absolute Gasteiger partial charge is 0.320 e. The highest BCUT2D eigenvalue weighted by Gasteiger charge is 2.11. The van der Waals surface area contributed by atoms with Crippen molar-refractivity contribution in [1.29, 1.82) is 0 Å². The molecule has 0 bridgehead atoms. The van der Waals surface area contributed by atoms with Gasteiger partial charge in [-0.3, -0.25) is 0 Å². The summed E-state index contributed by atoms with van der Waals surface area (Å²) in [5.74, 6) is 0. The van der Waals surface area contributed by atoms with Gasteiger partial charge in [-0.15, -0.1) is 0 Å². The lowest BCUT2D eigenvalue weighted by Crippen LogP contribution is -2.33. The van der Waals surface area contributed by atoms with Gasteiger partial charge in [-0.1, -0.05) is 0 Å². The van der Waals surface area contributed by atoms with Gasteiger partial charge in [0, 0.05) is 54.7 Å². The van der Waals surface area contributed by atoms with Crippen molar-refractivity contribution >= 4 is 18.6 Å². The molecule has 152 valence electrons. The Kier molecular flexibility index (Phi) is 17.7. The molecule has 0 aliphatic rings. The fourth-order valence-electron chi connectivity index (χ4n) is 2.34. The van der Waals surface area contributed by atoms with Crippen LogP contribution in [0.2, 0.25) is 12.1 Å². The van der Waals surface area contributed by atoms with E-state index >= 15 is 0 Å². The predicted octanol–water partition coefficient (Wildman–Crippen LogP) is 1.19. The molecular weight excluding hydrogens is 358 g/mol. The first kappa shape index (κ1) is 25.2. The van der Waals surface area contributed by atoms with Crippen molar-refractivity contribution in [2.45, 2.75) is 51.0 Å². The summed E-state index contributed by atoms with van der Waals surface area (Å²) >= 11 is 0. The summed E-state index contributed by atoms with van der Waals surface area (Å²) in [6, 6.07) is 1.96. The molecule has 0 aromatic heterocycles. The molecule has 0 heterocycles. The van der Waals surface area contributed by atoms with E-state index in [-0.39, 0.29) is 12.2 Å². The van der Waals surface area contributed by atoms with E-state index in [1.54, 1.807) is 28.4 Å². The Bertz CT molecular complexity index is 257. The van der Waals surface area contributed by atoms with Crippen molar-refractivity contribution in [2.75, 3.05) is 54.7 Å². The van der Waals surface area contributed by atoms with E-state index in [1.807, 2.05) is 0 Å². The highest BCUT2D eigenvalue weighted by atomic mass is 28.3. The largest absolute Gasteiger partial charge is 0.400 e. The minimum absolute atomic E-state index is 0.188. The van der Waals surface area contributed by atoms with Gasteiger partial charge in [0.2, 0.25) is 0 Å². The summed E-state index contributed by atoms with van der Waals surface area (Å²) in [4.78, 5) is 0. The van der Waals surface area contributed by atoms with Crippen molar-refractivity contribution in [1.82, 2.24) is 5.32 Å². The van der Waals surface area contributed by atoms with Gasteiger partial charge in [-0.2, -0.15) is 0 Å². The summed E-state index contributed by atoms with van der Waals surface area (Å²) in [6.45, 7) is 7.31. The minimum atomic E-state index is -1.44. The molecule has 9 heteroatoms. The number of hydrogen-bond acceptors (Lipinski definition) is 7. The number of nitrogens with one attached hydrogen (secondary N) is 1. The number of rotatable bonds is 18. The molecule has 0 spiro atoms. The first-order valence-corrected chi connectivity index (χ1v) is 12.6. The highest BCUT2D eigenvalue weighted by Crippen LogP contribution is 2.03. The van der Waals surface area contributed by atoms with Crippen LogP contribution in [0.4, 0.5) is 0 Å². The number of ether oxygens (including phenoxy) is 2. The average molecular weight is 398 g/mol. The predicted molar refractivity (Wildman–Crippen MR) is 105 cm³/mol. The van der Waals surface area contributed by atoms with E-state index in [1.165, 1.54) is 0 Å². The molecule has 2 atom stereocenters. The van der Waals surface area contributed by atoms with Gasteiger partial charge < -0.3 is 32.5 Å². The standard InChI is InChI=1S/C16H39NO6Si2/c1-15(22-9-7-11-24(18-3)19-4)13-17-14-16(2)23-10-8-12-25(20-5)21-6/h15-17,24-25H,7-14H2,1-6H3. The Morgan fingerprint density at radius 3 is 1.36 bits per heavy atom. The molecule has 7 nitrogen and oxygen atoms in total. The van der Waals surface area contributed by atoms with E-state index in [0.717, 1.165) is 51.2 Å². The molecular formula is C16H39NO6Si2. The Balaban J connectivity index is 3.52. The van der Waals surface area contributed by atoms with Crippen molar-refractivity contribution in [3.63, 3.8) is 0 Å². The van der Waals surface area contributed by atoms with Crippen LogP contribution in [-0.4, -0.2) is 85.5 Å². The Morgan fingerprint density at radius 1 is 0.680 bits per heavy atom. The molecule has 0 aliphatic carbocycles. The maximum absolute atomic E-state index is 5.80. The van der Waals surface area contributed by atoms with Crippen LogP contribution < -0.4 is 5.32 Å². The topological polar surface area (TPSA) is 67.4 Å². The molecule has 2 unspecified atom stereocenters. The van der Waals surface area contributed by atoms with Crippen LogP contribution in [0, 0.1) is 0 Å². The molecule has 0 fully saturated rings. The summed E-state index contributed by atoms with van der Waals surface area (Å²) < 4.78 is 32.7. The molecule has 1 N–H and O–H groups in total. The maximum Gasteiger partial charge on any atom is 0.320 e. The van der Waals surface area contributed by atoms with E-state index < -0.39 is 18.6 Å². The molecule has 0 aromatic carbocycles. The normalized spacial score (nSPS) is 14.4.